The minimum Gasteiger partial charge on any atom is -0.353 e. The molecule has 9 nitrogen and oxygen atoms in total. The van der Waals surface area contributed by atoms with Gasteiger partial charge in [-0.1, -0.05) is 17.7 Å². The van der Waals surface area contributed by atoms with Crippen LogP contribution in [-0.2, 0) is 33.3 Å². The number of benzene rings is 1. The van der Waals surface area contributed by atoms with Crippen LogP contribution >= 0.6 is 0 Å². The van der Waals surface area contributed by atoms with Crippen LogP contribution in [0.1, 0.15) is 39.7 Å². The lowest BCUT2D eigenvalue weighted by molar-refractivity contribution is -0.231. The molecule has 3 saturated heterocycles. The molecule has 3 aliphatic rings. The number of nitrogens with one attached hydrogen (secondary N) is 2. The molecule has 4 rings (SSSR count). The number of carbonyl (C=O) groups excluding carboxylic acids is 2. The molecule has 2 amide bonds. The lowest BCUT2D eigenvalue weighted by Crippen LogP contribution is -2.59. The molecule has 31 heavy (non-hydrogen) atoms. The van der Waals surface area contributed by atoms with Gasteiger partial charge in [-0.2, -0.15) is 0 Å². The summed E-state index contributed by atoms with van der Waals surface area (Å²) in [6.07, 6.45) is -3.19. The van der Waals surface area contributed by atoms with Crippen molar-refractivity contribution in [3.8, 4) is 0 Å². The highest BCUT2D eigenvalue weighted by Gasteiger charge is 2.62. The second kappa shape index (κ2) is 8.14. The first-order valence-electron chi connectivity index (χ1n) is 10.5. The van der Waals surface area contributed by atoms with E-state index in [4.69, 9.17) is 23.7 Å². The maximum atomic E-state index is 12.9. The molecule has 3 aliphatic heterocycles. The van der Waals surface area contributed by atoms with Crippen molar-refractivity contribution in [3.63, 3.8) is 0 Å². The molecule has 5 atom stereocenters. The van der Waals surface area contributed by atoms with Crippen molar-refractivity contribution in [1.29, 1.82) is 0 Å². The maximum absolute atomic E-state index is 12.9. The summed E-state index contributed by atoms with van der Waals surface area (Å²) in [4.78, 5) is 25.0. The third kappa shape index (κ3) is 4.91. The van der Waals surface area contributed by atoms with Crippen molar-refractivity contribution >= 4 is 17.5 Å². The van der Waals surface area contributed by atoms with E-state index in [0.29, 0.717) is 5.69 Å². The summed E-state index contributed by atoms with van der Waals surface area (Å²) in [5.41, 5.74) is 1.82. The van der Waals surface area contributed by atoms with Crippen LogP contribution in [0.3, 0.4) is 0 Å². The first kappa shape index (κ1) is 22.2. The number of rotatable bonds is 5. The Morgan fingerprint density at radius 3 is 2.23 bits per heavy atom. The molecule has 0 unspecified atom stereocenters. The molecule has 0 spiro atoms. The fraction of sp³-hybridized carbons (Fsp3) is 0.636. The third-order valence-electron chi connectivity index (χ3n) is 5.40. The number of amides is 2. The zero-order valence-corrected chi connectivity index (χ0v) is 18.5. The molecule has 1 aromatic rings. The highest BCUT2D eigenvalue weighted by atomic mass is 16.9. The Bertz CT molecular complexity index is 839. The van der Waals surface area contributed by atoms with Crippen LogP contribution in [0.4, 0.5) is 5.69 Å². The normalized spacial score (nSPS) is 32.7. The second-order valence-corrected chi connectivity index (χ2v) is 9.05. The van der Waals surface area contributed by atoms with E-state index in [1.54, 1.807) is 27.7 Å². The number of carbonyl (C=O) groups is 2. The Hall–Kier alpha value is -2.04. The average Bonchev–Trinajstić information content (AvgIpc) is 3.16. The van der Waals surface area contributed by atoms with E-state index in [1.165, 1.54) is 0 Å². The van der Waals surface area contributed by atoms with Gasteiger partial charge >= 0.3 is 0 Å². The van der Waals surface area contributed by atoms with Crippen LogP contribution in [0.25, 0.3) is 0 Å². The Morgan fingerprint density at radius 1 is 0.903 bits per heavy atom. The molecule has 3 heterocycles. The lowest BCUT2D eigenvalue weighted by atomic mass is 9.98. The molecule has 0 saturated carbocycles. The summed E-state index contributed by atoms with van der Waals surface area (Å²) in [6, 6.07) is 7.51. The van der Waals surface area contributed by atoms with Gasteiger partial charge in [-0.05, 0) is 46.8 Å². The van der Waals surface area contributed by atoms with E-state index in [2.05, 4.69) is 10.6 Å². The summed E-state index contributed by atoms with van der Waals surface area (Å²) in [7, 11) is 0. The summed E-state index contributed by atoms with van der Waals surface area (Å²) < 4.78 is 29.6. The summed E-state index contributed by atoms with van der Waals surface area (Å²) in [6.45, 7) is 9.27. The summed E-state index contributed by atoms with van der Waals surface area (Å²) in [5, 5.41) is 5.57. The fourth-order valence-corrected chi connectivity index (χ4v) is 4.08. The van der Waals surface area contributed by atoms with Gasteiger partial charge in [-0.3, -0.25) is 9.59 Å². The predicted octanol–water partition coefficient (Wildman–Crippen LogP) is 1.84. The van der Waals surface area contributed by atoms with Crippen molar-refractivity contribution in [2.45, 2.75) is 83.3 Å². The Morgan fingerprint density at radius 2 is 1.52 bits per heavy atom. The molecule has 170 valence electrons. The van der Waals surface area contributed by atoms with Crippen LogP contribution < -0.4 is 10.6 Å². The average molecular weight is 434 g/mol. The standard InChI is InChI=1S/C22H30N2O7/c1-12-6-8-13(9-7-12)24-14(25)10-11-23-19(26)17-15-16(29-21(2,3)28-15)18-20(27-17)31-22(4,5)30-18/h6-9,15-18,20H,10-11H2,1-5H3,(H,23,26)(H,24,25)/t15-,16+,17-,18-,20+/m1/s1. The smallest absolute Gasteiger partial charge is 0.252 e. The third-order valence-corrected chi connectivity index (χ3v) is 5.40. The van der Waals surface area contributed by atoms with Crippen molar-refractivity contribution < 1.29 is 33.3 Å². The fourth-order valence-electron chi connectivity index (χ4n) is 4.08. The maximum Gasteiger partial charge on any atom is 0.252 e. The molecule has 0 aromatic heterocycles. The zero-order chi connectivity index (χ0) is 22.4. The highest BCUT2D eigenvalue weighted by molar-refractivity contribution is 5.91. The molecule has 1 aromatic carbocycles. The first-order chi connectivity index (χ1) is 14.5. The van der Waals surface area contributed by atoms with E-state index >= 15 is 0 Å². The van der Waals surface area contributed by atoms with Crippen LogP contribution in [0.2, 0.25) is 0 Å². The van der Waals surface area contributed by atoms with Gasteiger partial charge in [0, 0.05) is 18.7 Å². The molecule has 2 N–H and O–H groups in total. The predicted molar refractivity (Wildman–Crippen MR) is 110 cm³/mol. The van der Waals surface area contributed by atoms with Gasteiger partial charge in [-0.15, -0.1) is 0 Å². The minimum absolute atomic E-state index is 0.127. The molecule has 0 bridgehead atoms. The van der Waals surface area contributed by atoms with E-state index in [-0.39, 0.29) is 24.8 Å². The molecule has 9 heteroatoms. The number of hydrogen-bond acceptors (Lipinski definition) is 7. The van der Waals surface area contributed by atoms with Crippen LogP contribution in [0, 0.1) is 6.92 Å². The van der Waals surface area contributed by atoms with E-state index in [1.807, 2.05) is 31.2 Å². The Balaban J connectivity index is 1.34. The molecule has 3 fully saturated rings. The van der Waals surface area contributed by atoms with Gasteiger partial charge in [0.15, 0.2) is 24.0 Å². The van der Waals surface area contributed by atoms with E-state index < -0.39 is 42.3 Å². The van der Waals surface area contributed by atoms with E-state index in [0.717, 1.165) is 5.56 Å². The number of ether oxygens (including phenoxy) is 5. The monoisotopic (exact) mass is 434 g/mol. The molecule has 0 radical (unpaired) electrons. The second-order valence-electron chi connectivity index (χ2n) is 9.05. The Kier molecular flexibility index (Phi) is 5.82. The van der Waals surface area contributed by atoms with Gasteiger partial charge in [0.25, 0.3) is 5.91 Å². The summed E-state index contributed by atoms with van der Waals surface area (Å²) >= 11 is 0. The van der Waals surface area contributed by atoms with Crippen LogP contribution in [0.15, 0.2) is 24.3 Å². The van der Waals surface area contributed by atoms with Gasteiger partial charge < -0.3 is 34.3 Å². The van der Waals surface area contributed by atoms with Crippen molar-refractivity contribution in [2.24, 2.45) is 0 Å². The minimum atomic E-state index is -0.939. The van der Waals surface area contributed by atoms with Gasteiger partial charge in [0.05, 0.1) is 0 Å². The van der Waals surface area contributed by atoms with Crippen molar-refractivity contribution in [2.75, 3.05) is 11.9 Å². The number of hydrogen-bond donors (Lipinski definition) is 2. The largest absolute Gasteiger partial charge is 0.353 e. The topological polar surface area (TPSA) is 104 Å². The van der Waals surface area contributed by atoms with Crippen molar-refractivity contribution in [1.82, 2.24) is 5.32 Å². The van der Waals surface area contributed by atoms with E-state index in [9.17, 15) is 9.59 Å². The van der Waals surface area contributed by atoms with Gasteiger partial charge in [0.2, 0.25) is 5.91 Å². The highest BCUT2D eigenvalue weighted by Crippen LogP contribution is 2.44. The lowest BCUT2D eigenvalue weighted by Gasteiger charge is -2.36. The number of aryl methyl sites for hydroxylation is 1. The SMILES string of the molecule is Cc1ccc(NC(=O)CCNC(=O)[C@@H]2O[C@H]3OC(C)(C)O[C@@H]3[C@H]3OC(C)(C)O[C@H]32)cc1. The summed E-state index contributed by atoms with van der Waals surface area (Å²) in [5.74, 6) is -2.31. The Labute approximate surface area is 181 Å². The van der Waals surface area contributed by atoms with Crippen LogP contribution in [-0.4, -0.2) is 60.6 Å². The molecular formula is C22H30N2O7. The molecular weight excluding hydrogens is 404 g/mol. The quantitative estimate of drug-likeness (QED) is 0.729. The zero-order valence-electron chi connectivity index (χ0n) is 18.5. The van der Waals surface area contributed by atoms with Gasteiger partial charge in [-0.25, -0.2) is 0 Å². The van der Waals surface area contributed by atoms with Crippen LogP contribution in [0.5, 0.6) is 0 Å². The molecule has 0 aliphatic carbocycles. The van der Waals surface area contributed by atoms with Gasteiger partial charge in [0.1, 0.15) is 18.3 Å². The number of fused-ring (bicyclic) bond motifs is 3. The van der Waals surface area contributed by atoms with Crippen molar-refractivity contribution in [3.05, 3.63) is 29.8 Å². The number of anilines is 1. The first-order valence-corrected chi connectivity index (χ1v) is 10.5.